The van der Waals surface area contributed by atoms with Crippen LogP contribution in [0.4, 0.5) is 0 Å². The lowest BCUT2D eigenvalue weighted by molar-refractivity contribution is -0.144. The molecule has 0 saturated heterocycles. The zero-order valence-electron chi connectivity index (χ0n) is 14.4. The number of hydrogen-bond acceptors (Lipinski definition) is 4. The van der Waals surface area contributed by atoms with Crippen LogP contribution >= 0.6 is 11.8 Å². The van der Waals surface area contributed by atoms with Crippen molar-refractivity contribution in [2.45, 2.75) is 17.4 Å². The highest BCUT2D eigenvalue weighted by Gasteiger charge is 2.23. The quantitative estimate of drug-likeness (QED) is 0.496. The Labute approximate surface area is 156 Å². The van der Waals surface area contributed by atoms with E-state index in [0.717, 1.165) is 21.4 Å². The van der Waals surface area contributed by atoms with Crippen molar-refractivity contribution >= 4 is 34.5 Å². The molecule has 0 spiro atoms. The molecule has 1 amide bonds. The predicted octanol–water partition coefficient (Wildman–Crippen LogP) is 3.16. The first-order valence-electron chi connectivity index (χ1n) is 8.27. The molecule has 2 N–H and O–H groups in total. The van der Waals surface area contributed by atoms with Crippen molar-refractivity contribution in [1.82, 2.24) is 10.3 Å². The molecule has 1 atom stereocenters. The molecule has 0 radical (unpaired) electrons. The van der Waals surface area contributed by atoms with Crippen LogP contribution in [0.25, 0.3) is 10.9 Å². The minimum atomic E-state index is -0.719. The Kier molecular flexibility index (Phi) is 5.96. The molecular weight excluding hydrogens is 348 g/mol. The van der Waals surface area contributed by atoms with Gasteiger partial charge in [0.15, 0.2) is 0 Å². The monoisotopic (exact) mass is 368 g/mol. The minimum absolute atomic E-state index is 0.200. The number of carbonyl (C=O) groups is 2. The second kappa shape index (κ2) is 8.58. The SMILES string of the molecule is COC(=O)C(Cc1c[nH]c2ccccc12)NC(=O)CSc1ccccc1. The molecule has 0 aliphatic heterocycles. The lowest BCUT2D eigenvalue weighted by atomic mass is 10.0. The molecule has 134 valence electrons. The summed E-state index contributed by atoms with van der Waals surface area (Å²) in [6.07, 6.45) is 2.24. The van der Waals surface area contributed by atoms with Crippen LogP contribution in [0.15, 0.2) is 65.7 Å². The van der Waals surface area contributed by atoms with E-state index in [1.165, 1.54) is 18.9 Å². The van der Waals surface area contributed by atoms with Gasteiger partial charge >= 0.3 is 5.97 Å². The van der Waals surface area contributed by atoms with E-state index in [9.17, 15) is 9.59 Å². The molecule has 3 rings (SSSR count). The number of benzene rings is 2. The summed E-state index contributed by atoms with van der Waals surface area (Å²) in [6.45, 7) is 0. The first kappa shape index (κ1) is 18.1. The number of hydrogen-bond donors (Lipinski definition) is 2. The molecule has 1 aromatic heterocycles. The van der Waals surface area contributed by atoms with Gasteiger partial charge in [-0.25, -0.2) is 4.79 Å². The van der Waals surface area contributed by atoms with Crippen LogP contribution in [-0.4, -0.2) is 35.8 Å². The van der Waals surface area contributed by atoms with Crippen LogP contribution in [-0.2, 0) is 20.7 Å². The third-order valence-corrected chi connectivity index (χ3v) is 5.05. The molecule has 0 bridgehead atoms. The maximum absolute atomic E-state index is 12.3. The Hall–Kier alpha value is -2.73. The molecule has 2 aromatic carbocycles. The number of nitrogens with one attached hydrogen (secondary N) is 2. The number of esters is 1. The summed E-state index contributed by atoms with van der Waals surface area (Å²) in [5.41, 5.74) is 1.96. The third-order valence-electron chi connectivity index (χ3n) is 4.03. The van der Waals surface area contributed by atoms with Crippen molar-refractivity contribution in [3.63, 3.8) is 0 Å². The van der Waals surface area contributed by atoms with Crippen LogP contribution in [0.3, 0.4) is 0 Å². The molecule has 0 saturated carbocycles. The zero-order valence-corrected chi connectivity index (χ0v) is 15.2. The largest absolute Gasteiger partial charge is 0.467 e. The maximum Gasteiger partial charge on any atom is 0.328 e. The van der Waals surface area contributed by atoms with Gasteiger partial charge < -0.3 is 15.0 Å². The van der Waals surface area contributed by atoms with Crippen molar-refractivity contribution in [2.24, 2.45) is 0 Å². The van der Waals surface area contributed by atoms with E-state index in [-0.39, 0.29) is 11.7 Å². The summed E-state index contributed by atoms with van der Waals surface area (Å²) in [5.74, 6) is -0.409. The normalized spacial score (nSPS) is 11.9. The predicted molar refractivity (Wildman–Crippen MR) is 103 cm³/mol. The standard InChI is InChI=1S/C20H20N2O3S/c1-25-20(24)18(11-14-12-21-17-10-6-5-9-16(14)17)22-19(23)13-26-15-7-3-2-4-8-15/h2-10,12,18,21H,11,13H2,1H3,(H,22,23). The average molecular weight is 368 g/mol. The van der Waals surface area contributed by atoms with Crippen molar-refractivity contribution in [2.75, 3.05) is 12.9 Å². The number of para-hydroxylation sites is 1. The van der Waals surface area contributed by atoms with E-state index in [4.69, 9.17) is 4.74 Å². The molecular formula is C20H20N2O3S. The number of aromatic amines is 1. The van der Waals surface area contributed by atoms with Crippen LogP contribution in [0.2, 0.25) is 0 Å². The minimum Gasteiger partial charge on any atom is -0.467 e. The molecule has 0 aliphatic carbocycles. The molecule has 6 heteroatoms. The second-order valence-corrected chi connectivity index (χ2v) is 6.86. The van der Waals surface area contributed by atoms with Crippen molar-refractivity contribution in [3.8, 4) is 0 Å². The Morgan fingerprint density at radius 2 is 1.85 bits per heavy atom. The lowest BCUT2D eigenvalue weighted by Crippen LogP contribution is -2.43. The van der Waals surface area contributed by atoms with E-state index in [0.29, 0.717) is 6.42 Å². The molecule has 0 fully saturated rings. The van der Waals surface area contributed by atoms with E-state index in [1.807, 2.05) is 60.8 Å². The van der Waals surface area contributed by atoms with Crippen LogP contribution < -0.4 is 5.32 Å². The van der Waals surface area contributed by atoms with Gasteiger partial charge in [-0.2, -0.15) is 0 Å². The first-order chi connectivity index (χ1) is 12.7. The summed E-state index contributed by atoms with van der Waals surface area (Å²) in [6, 6.07) is 16.8. The number of fused-ring (bicyclic) bond motifs is 1. The van der Waals surface area contributed by atoms with Crippen LogP contribution in [0.5, 0.6) is 0 Å². The highest BCUT2D eigenvalue weighted by Crippen LogP contribution is 2.20. The topological polar surface area (TPSA) is 71.2 Å². The van der Waals surface area contributed by atoms with Gasteiger partial charge in [0.05, 0.1) is 12.9 Å². The van der Waals surface area contributed by atoms with Gasteiger partial charge in [-0.15, -0.1) is 11.8 Å². The molecule has 5 nitrogen and oxygen atoms in total. The summed E-state index contributed by atoms with van der Waals surface area (Å²) in [5, 5.41) is 3.83. The van der Waals surface area contributed by atoms with E-state index in [1.54, 1.807) is 0 Å². The van der Waals surface area contributed by atoms with Gasteiger partial charge in [0.2, 0.25) is 5.91 Å². The summed E-state index contributed by atoms with van der Waals surface area (Å²) < 4.78 is 4.87. The lowest BCUT2D eigenvalue weighted by Gasteiger charge is -2.16. The Morgan fingerprint density at radius 3 is 2.62 bits per heavy atom. The number of H-pyrrole nitrogens is 1. The van der Waals surface area contributed by atoms with E-state index in [2.05, 4.69) is 10.3 Å². The number of methoxy groups -OCH3 is 1. The van der Waals surface area contributed by atoms with Gasteiger partial charge in [-0.3, -0.25) is 4.79 Å². The van der Waals surface area contributed by atoms with Gasteiger partial charge in [0, 0.05) is 28.4 Å². The molecule has 1 heterocycles. The first-order valence-corrected chi connectivity index (χ1v) is 9.26. The fraction of sp³-hybridized carbons (Fsp3) is 0.200. The maximum atomic E-state index is 12.3. The van der Waals surface area contributed by atoms with Crippen LogP contribution in [0.1, 0.15) is 5.56 Å². The number of rotatable bonds is 7. The zero-order chi connectivity index (χ0) is 18.4. The number of ether oxygens (including phenoxy) is 1. The van der Waals surface area contributed by atoms with Gasteiger partial charge in [-0.1, -0.05) is 36.4 Å². The van der Waals surface area contributed by atoms with E-state index < -0.39 is 12.0 Å². The number of thioether (sulfide) groups is 1. The summed E-state index contributed by atoms with van der Waals surface area (Å²) >= 11 is 1.43. The van der Waals surface area contributed by atoms with E-state index >= 15 is 0 Å². The van der Waals surface area contributed by atoms with Gasteiger partial charge in [-0.05, 0) is 23.8 Å². The summed E-state index contributed by atoms with van der Waals surface area (Å²) in [7, 11) is 1.33. The third kappa shape index (κ3) is 4.46. The van der Waals surface area contributed by atoms with Crippen molar-refractivity contribution in [1.29, 1.82) is 0 Å². The van der Waals surface area contributed by atoms with Crippen LogP contribution in [0, 0.1) is 0 Å². The fourth-order valence-corrected chi connectivity index (χ4v) is 3.49. The van der Waals surface area contributed by atoms with Gasteiger partial charge in [0.25, 0.3) is 0 Å². The molecule has 26 heavy (non-hydrogen) atoms. The Balaban J connectivity index is 1.66. The van der Waals surface area contributed by atoms with Crippen molar-refractivity contribution in [3.05, 3.63) is 66.4 Å². The smallest absolute Gasteiger partial charge is 0.328 e. The molecule has 3 aromatic rings. The van der Waals surface area contributed by atoms with Crippen molar-refractivity contribution < 1.29 is 14.3 Å². The average Bonchev–Trinajstić information content (AvgIpc) is 3.09. The Morgan fingerprint density at radius 1 is 1.12 bits per heavy atom. The second-order valence-electron chi connectivity index (χ2n) is 5.81. The highest BCUT2D eigenvalue weighted by molar-refractivity contribution is 8.00. The van der Waals surface area contributed by atoms with Gasteiger partial charge in [0.1, 0.15) is 6.04 Å². The molecule has 1 unspecified atom stereocenters. The Bertz CT molecular complexity index is 892. The number of amides is 1. The molecule has 0 aliphatic rings. The fourth-order valence-electron chi connectivity index (χ4n) is 2.76. The highest BCUT2D eigenvalue weighted by atomic mass is 32.2. The number of carbonyl (C=O) groups excluding carboxylic acids is 2. The summed E-state index contributed by atoms with van der Waals surface area (Å²) in [4.78, 5) is 28.6. The number of aromatic nitrogens is 1.